The monoisotopic (exact) mass is 294 g/mol. The molecular weight excluding hydrogens is 270 g/mol. The van der Waals surface area contributed by atoms with Crippen molar-refractivity contribution in [1.29, 1.82) is 0 Å². The van der Waals surface area contributed by atoms with Crippen LogP contribution in [0.1, 0.15) is 50.1 Å². The lowest BCUT2D eigenvalue weighted by atomic mass is 9.78. The van der Waals surface area contributed by atoms with Gasteiger partial charge in [0.05, 0.1) is 0 Å². The molecule has 2 nitrogen and oxygen atoms in total. The Bertz CT molecular complexity index is 490. The summed E-state index contributed by atoms with van der Waals surface area (Å²) in [6, 6.07) is 4.42. The number of hydrogen-bond donors (Lipinski definition) is 1. The molecule has 2 N–H and O–H groups in total. The van der Waals surface area contributed by atoms with Crippen molar-refractivity contribution in [1.82, 2.24) is 4.90 Å². The number of halogens is 2. The van der Waals surface area contributed by atoms with Crippen LogP contribution in [0.15, 0.2) is 18.2 Å². The molecular formula is C17H24F2N2. The molecule has 116 valence electrons. The molecule has 1 aliphatic carbocycles. The molecule has 4 heteroatoms. The normalized spacial score (nSPS) is 28.1. The van der Waals surface area contributed by atoms with E-state index in [2.05, 4.69) is 4.90 Å². The maximum atomic E-state index is 13.9. The predicted molar refractivity (Wildman–Crippen MR) is 79.8 cm³/mol. The molecule has 0 aromatic heterocycles. The van der Waals surface area contributed by atoms with Gasteiger partial charge in [0.2, 0.25) is 0 Å². The molecule has 1 saturated heterocycles. The zero-order chi connectivity index (χ0) is 14.8. The second-order valence-corrected chi connectivity index (χ2v) is 6.50. The highest BCUT2D eigenvalue weighted by Gasteiger charge is 2.34. The van der Waals surface area contributed by atoms with Gasteiger partial charge < -0.3 is 5.73 Å². The van der Waals surface area contributed by atoms with E-state index in [9.17, 15) is 8.78 Å². The maximum Gasteiger partial charge on any atom is 0.163 e. The number of hydrogen-bond acceptors (Lipinski definition) is 2. The summed E-state index contributed by atoms with van der Waals surface area (Å²) in [5.74, 6) is -0.823. The molecule has 0 bridgehead atoms. The summed E-state index contributed by atoms with van der Waals surface area (Å²) < 4.78 is 27.2. The fourth-order valence-corrected chi connectivity index (χ4v) is 4.11. The zero-order valence-electron chi connectivity index (χ0n) is 12.4. The van der Waals surface area contributed by atoms with Gasteiger partial charge in [0.25, 0.3) is 0 Å². The lowest BCUT2D eigenvalue weighted by Gasteiger charge is -2.45. The fraction of sp³-hybridized carbons (Fsp3) is 0.647. The molecule has 21 heavy (non-hydrogen) atoms. The fourth-order valence-electron chi connectivity index (χ4n) is 4.11. The van der Waals surface area contributed by atoms with E-state index >= 15 is 0 Å². The van der Waals surface area contributed by atoms with Gasteiger partial charge >= 0.3 is 0 Å². The lowest BCUT2D eigenvalue weighted by Crippen LogP contribution is -2.49. The van der Waals surface area contributed by atoms with Crippen LogP contribution in [0.5, 0.6) is 0 Å². The number of fused-ring (bicyclic) bond motifs is 1. The summed E-state index contributed by atoms with van der Waals surface area (Å²) in [6.07, 6.45) is 7.65. The van der Waals surface area contributed by atoms with E-state index < -0.39 is 17.7 Å². The molecule has 0 amide bonds. The molecule has 2 fully saturated rings. The van der Waals surface area contributed by atoms with Crippen molar-refractivity contribution in [2.24, 2.45) is 11.7 Å². The highest BCUT2D eigenvalue weighted by Crippen LogP contribution is 2.36. The summed E-state index contributed by atoms with van der Waals surface area (Å²) in [7, 11) is 0. The third-order valence-corrected chi connectivity index (χ3v) is 5.17. The van der Waals surface area contributed by atoms with Crippen LogP contribution in [0.4, 0.5) is 8.78 Å². The summed E-state index contributed by atoms with van der Waals surface area (Å²) in [5.41, 5.74) is 6.47. The highest BCUT2D eigenvalue weighted by atomic mass is 19.2. The van der Waals surface area contributed by atoms with Crippen molar-refractivity contribution in [2.45, 2.75) is 50.6 Å². The number of benzene rings is 1. The molecule has 0 spiro atoms. The first-order chi connectivity index (χ1) is 10.2. The van der Waals surface area contributed by atoms with Gasteiger partial charge in [-0.25, -0.2) is 8.78 Å². The van der Waals surface area contributed by atoms with Crippen LogP contribution in [0.3, 0.4) is 0 Å². The Morgan fingerprint density at radius 3 is 2.76 bits per heavy atom. The van der Waals surface area contributed by atoms with Crippen LogP contribution >= 0.6 is 0 Å². The first kappa shape index (κ1) is 14.9. The van der Waals surface area contributed by atoms with Gasteiger partial charge in [0.1, 0.15) is 0 Å². The maximum absolute atomic E-state index is 13.9. The summed E-state index contributed by atoms with van der Waals surface area (Å²) in [4.78, 5) is 2.42. The minimum Gasteiger partial charge on any atom is -0.323 e. The molecule has 3 atom stereocenters. The second-order valence-electron chi connectivity index (χ2n) is 6.50. The van der Waals surface area contributed by atoms with Gasteiger partial charge in [-0.3, -0.25) is 4.90 Å². The first-order valence-corrected chi connectivity index (χ1v) is 8.10. The van der Waals surface area contributed by atoms with Crippen molar-refractivity contribution in [3.05, 3.63) is 35.4 Å². The minimum absolute atomic E-state index is 0.299. The average Bonchev–Trinajstić information content (AvgIpc) is 2.50. The Balaban J connectivity index is 1.71. The van der Waals surface area contributed by atoms with Crippen LogP contribution in [0.2, 0.25) is 0 Å². The van der Waals surface area contributed by atoms with E-state index in [4.69, 9.17) is 5.73 Å². The Morgan fingerprint density at radius 1 is 1.14 bits per heavy atom. The van der Waals surface area contributed by atoms with Crippen LogP contribution in [-0.4, -0.2) is 24.0 Å². The minimum atomic E-state index is -0.808. The molecule has 1 aliphatic heterocycles. The molecule has 1 aromatic carbocycles. The molecule has 1 aromatic rings. The van der Waals surface area contributed by atoms with Crippen LogP contribution in [0, 0.1) is 17.6 Å². The zero-order valence-corrected chi connectivity index (χ0v) is 12.4. The second kappa shape index (κ2) is 6.41. The quantitative estimate of drug-likeness (QED) is 0.922. The molecule has 1 saturated carbocycles. The van der Waals surface area contributed by atoms with Crippen molar-refractivity contribution in [2.75, 3.05) is 13.1 Å². The lowest BCUT2D eigenvalue weighted by molar-refractivity contribution is 0.0558. The number of rotatable bonds is 3. The summed E-state index contributed by atoms with van der Waals surface area (Å²) >= 11 is 0. The van der Waals surface area contributed by atoms with Gasteiger partial charge in [0, 0.05) is 24.2 Å². The third-order valence-electron chi connectivity index (χ3n) is 5.17. The smallest absolute Gasteiger partial charge is 0.163 e. The van der Waals surface area contributed by atoms with E-state index in [-0.39, 0.29) is 0 Å². The number of likely N-dealkylation sites (tertiary alicyclic amines) is 1. The topological polar surface area (TPSA) is 29.3 Å². The largest absolute Gasteiger partial charge is 0.323 e. The van der Waals surface area contributed by atoms with Gasteiger partial charge in [-0.1, -0.05) is 25.0 Å². The van der Waals surface area contributed by atoms with E-state index in [1.165, 1.54) is 44.6 Å². The van der Waals surface area contributed by atoms with Gasteiger partial charge in [-0.2, -0.15) is 0 Å². The number of nitrogens with zero attached hydrogens (tertiary/aromatic N) is 1. The van der Waals surface area contributed by atoms with Crippen LogP contribution in [0.25, 0.3) is 0 Å². The van der Waals surface area contributed by atoms with Crippen molar-refractivity contribution in [3.63, 3.8) is 0 Å². The Hall–Kier alpha value is -1.00. The van der Waals surface area contributed by atoms with Crippen LogP contribution in [-0.2, 0) is 0 Å². The average molecular weight is 294 g/mol. The van der Waals surface area contributed by atoms with Crippen molar-refractivity contribution >= 4 is 0 Å². The predicted octanol–water partition coefficient (Wildman–Crippen LogP) is 3.62. The molecule has 3 rings (SSSR count). The molecule has 1 heterocycles. The highest BCUT2D eigenvalue weighted by molar-refractivity contribution is 5.22. The molecule has 3 unspecified atom stereocenters. The Kier molecular flexibility index (Phi) is 4.55. The molecule has 2 aliphatic rings. The van der Waals surface area contributed by atoms with Crippen LogP contribution < -0.4 is 5.73 Å². The van der Waals surface area contributed by atoms with Gasteiger partial charge in [0.15, 0.2) is 11.6 Å². The van der Waals surface area contributed by atoms with Gasteiger partial charge in [-0.05, 0) is 44.2 Å². The first-order valence-electron chi connectivity index (χ1n) is 8.10. The van der Waals surface area contributed by atoms with E-state index in [1.807, 2.05) is 0 Å². The standard InChI is InChI=1S/C17H24F2N2/c18-14-8-3-7-13(17(14)19)15(20)11-21-10-4-6-12-5-1-2-9-16(12)21/h3,7-8,12,15-16H,1-2,4-6,9-11,20H2. The van der Waals surface area contributed by atoms with Crippen molar-refractivity contribution in [3.8, 4) is 0 Å². The van der Waals surface area contributed by atoms with E-state index in [0.29, 0.717) is 18.2 Å². The van der Waals surface area contributed by atoms with Crippen molar-refractivity contribution < 1.29 is 8.78 Å². The summed E-state index contributed by atoms with van der Waals surface area (Å²) in [6.45, 7) is 1.66. The van der Waals surface area contributed by atoms with Gasteiger partial charge in [-0.15, -0.1) is 0 Å². The number of nitrogens with two attached hydrogens (primary N) is 1. The Labute approximate surface area is 125 Å². The third kappa shape index (κ3) is 3.11. The number of piperidine rings is 1. The van der Waals surface area contributed by atoms with E-state index in [1.54, 1.807) is 6.07 Å². The molecule has 0 radical (unpaired) electrons. The van der Waals surface area contributed by atoms with E-state index in [0.717, 1.165) is 18.5 Å². The Morgan fingerprint density at radius 2 is 1.90 bits per heavy atom. The summed E-state index contributed by atoms with van der Waals surface area (Å²) in [5, 5.41) is 0. The SMILES string of the molecule is NC(CN1CCCC2CCCCC21)c1cccc(F)c1F.